The number of aromatic nitrogens is 1. The van der Waals surface area contributed by atoms with Gasteiger partial charge in [-0.3, -0.25) is 0 Å². The fourth-order valence-corrected chi connectivity index (χ4v) is 8.25. The fourth-order valence-electron chi connectivity index (χ4n) is 7.63. The lowest BCUT2D eigenvalue weighted by Crippen LogP contribution is -2.12. The van der Waals surface area contributed by atoms with E-state index in [4.69, 9.17) is 0 Å². The standard InChI is InChI=1S/C46H29BrN2/c47-46-42(48(37-24-23-30-11-1-2-13-32(30)25-37)41-20-9-18-31-12-7-8-19-38(31)41)21-10-22-43(46)49-44-28-35-16-5-3-14-33(35)26-39(44)40-27-34-15-4-6-17-36(34)29-45(40)49/h1-29H. The van der Waals surface area contributed by atoms with Crippen LogP contribution >= 0.6 is 15.9 Å². The Morgan fingerprint density at radius 2 is 0.857 bits per heavy atom. The minimum atomic E-state index is 1.02. The maximum Gasteiger partial charge on any atom is 0.0656 e. The van der Waals surface area contributed by atoms with Gasteiger partial charge in [-0.05, 0) is 108 Å². The predicted molar refractivity (Wildman–Crippen MR) is 213 cm³/mol. The van der Waals surface area contributed by atoms with Crippen LogP contribution in [-0.4, -0.2) is 4.57 Å². The molecule has 0 aliphatic rings. The molecular weight excluding hydrogens is 660 g/mol. The first-order chi connectivity index (χ1) is 24.2. The van der Waals surface area contributed by atoms with E-state index in [9.17, 15) is 0 Å². The monoisotopic (exact) mass is 688 g/mol. The molecule has 0 saturated heterocycles. The van der Waals surface area contributed by atoms with E-state index in [1.165, 1.54) is 64.9 Å². The minimum Gasteiger partial charge on any atom is -0.309 e. The van der Waals surface area contributed by atoms with Gasteiger partial charge in [-0.1, -0.05) is 121 Å². The predicted octanol–water partition coefficient (Wildman–Crippen LogP) is 13.6. The molecule has 2 nitrogen and oxygen atoms in total. The average molecular weight is 690 g/mol. The summed E-state index contributed by atoms with van der Waals surface area (Å²) >= 11 is 4.22. The van der Waals surface area contributed by atoms with E-state index in [1.807, 2.05) is 0 Å². The van der Waals surface area contributed by atoms with Crippen LogP contribution in [0.4, 0.5) is 17.1 Å². The Morgan fingerprint density at radius 1 is 0.367 bits per heavy atom. The van der Waals surface area contributed by atoms with Gasteiger partial charge in [0.2, 0.25) is 0 Å². The summed E-state index contributed by atoms with van der Waals surface area (Å²) in [5, 5.41) is 12.3. The number of fused-ring (bicyclic) bond motifs is 7. The Balaban J connectivity index is 1.29. The maximum absolute atomic E-state index is 4.22. The molecule has 0 spiro atoms. The van der Waals surface area contributed by atoms with Gasteiger partial charge in [0.1, 0.15) is 0 Å². The van der Waals surface area contributed by atoms with Crippen LogP contribution < -0.4 is 4.90 Å². The highest BCUT2D eigenvalue weighted by molar-refractivity contribution is 9.10. The molecule has 10 aromatic rings. The number of rotatable bonds is 4. The van der Waals surface area contributed by atoms with E-state index in [0.29, 0.717) is 0 Å². The highest BCUT2D eigenvalue weighted by Gasteiger charge is 2.22. The molecule has 0 unspecified atom stereocenters. The summed E-state index contributed by atoms with van der Waals surface area (Å²) in [5.74, 6) is 0. The lowest BCUT2D eigenvalue weighted by atomic mass is 10.0. The van der Waals surface area contributed by atoms with Crippen molar-refractivity contribution in [2.45, 2.75) is 0 Å². The van der Waals surface area contributed by atoms with Gasteiger partial charge >= 0.3 is 0 Å². The molecule has 0 amide bonds. The largest absolute Gasteiger partial charge is 0.309 e. The highest BCUT2D eigenvalue weighted by Crippen LogP contribution is 2.46. The lowest BCUT2D eigenvalue weighted by Gasteiger charge is -2.29. The number of halogens is 1. The van der Waals surface area contributed by atoms with E-state index < -0.39 is 0 Å². The summed E-state index contributed by atoms with van der Waals surface area (Å²) in [7, 11) is 0. The Morgan fingerprint density at radius 3 is 1.51 bits per heavy atom. The van der Waals surface area contributed by atoms with E-state index in [-0.39, 0.29) is 0 Å². The van der Waals surface area contributed by atoms with Crippen LogP contribution in [0.25, 0.3) is 70.6 Å². The lowest BCUT2D eigenvalue weighted by molar-refractivity contribution is 1.16. The molecule has 10 rings (SSSR count). The van der Waals surface area contributed by atoms with Crippen molar-refractivity contribution in [2.24, 2.45) is 0 Å². The molecule has 3 heteroatoms. The molecule has 0 atom stereocenters. The van der Waals surface area contributed by atoms with Crippen molar-refractivity contribution < 1.29 is 0 Å². The van der Waals surface area contributed by atoms with Gasteiger partial charge in [0.25, 0.3) is 0 Å². The summed E-state index contributed by atoms with van der Waals surface area (Å²) in [6, 6.07) is 64.0. The molecule has 1 heterocycles. The summed E-state index contributed by atoms with van der Waals surface area (Å²) in [6.45, 7) is 0. The van der Waals surface area contributed by atoms with Gasteiger partial charge in [-0.2, -0.15) is 0 Å². The third-order valence-electron chi connectivity index (χ3n) is 9.94. The fraction of sp³-hybridized carbons (Fsp3) is 0. The Hall–Kier alpha value is -5.90. The quantitative estimate of drug-likeness (QED) is 0.179. The second kappa shape index (κ2) is 11.1. The zero-order valence-electron chi connectivity index (χ0n) is 26.5. The minimum absolute atomic E-state index is 1.02. The van der Waals surface area contributed by atoms with Gasteiger partial charge in [-0.25, -0.2) is 0 Å². The number of hydrogen-bond acceptors (Lipinski definition) is 1. The number of nitrogens with zero attached hydrogens (tertiary/aromatic N) is 2. The van der Waals surface area contributed by atoms with Crippen LogP contribution in [0.5, 0.6) is 0 Å². The molecule has 0 radical (unpaired) electrons. The Bertz CT molecular complexity index is 2820. The summed E-state index contributed by atoms with van der Waals surface area (Å²) in [6.07, 6.45) is 0. The Kier molecular flexibility index (Phi) is 6.37. The van der Waals surface area contributed by atoms with Gasteiger partial charge in [0, 0.05) is 21.8 Å². The van der Waals surface area contributed by atoms with Crippen LogP contribution in [0.3, 0.4) is 0 Å². The molecule has 9 aromatic carbocycles. The van der Waals surface area contributed by atoms with E-state index in [1.54, 1.807) is 0 Å². The topological polar surface area (TPSA) is 8.17 Å². The van der Waals surface area contributed by atoms with Gasteiger partial charge in [0.15, 0.2) is 0 Å². The number of anilines is 3. The Labute approximate surface area is 292 Å². The van der Waals surface area contributed by atoms with E-state index in [2.05, 4.69) is 201 Å². The van der Waals surface area contributed by atoms with E-state index in [0.717, 1.165) is 27.2 Å². The second-order valence-corrected chi connectivity index (χ2v) is 13.5. The zero-order valence-corrected chi connectivity index (χ0v) is 28.1. The first kappa shape index (κ1) is 28.1. The summed E-state index contributed by atoms with van der Waals surface area (Å²) in [4.78, 5) is 2.40. The van der Waals surface area contributed by atoms with Crippen LogP contribution in [0.2, 0.25) is 0 Å². The van der Waals surface area contributed by atoms with Gasteiger partial charge in [0.05, 0.1) is 32.6 Å². The zero-order chi connectivity index (χ0) is 32.5. The molecule has 0 saturated carbocycles. The maximum atomic E-state index is 4.22. The van der Waals surface area contributed by atoms with Gasteiger partial charge < -0.3 is 9.47 Å². The van der Waals surface area contributed by atoms with Crippen LogP contribution in [0.1, 0.15) is 0 Å². The normalized spacial score (nSPS) is 11.8. The van der Waals surface area contributed by atoms with Crippen LogP contribution in [-0.2, 0) is 0 Å². The number of hydrogen-bond donors (Lipinski definition) is 0. The molecule has 0 N–H and O–H groups in total. The molecule has 1 aromatic heterocycles. The number of benzene rings is 9. The molecule has 0 bridgehead atoms. The van der Waals surface area contributed by atoms with Crippen LogP contribution in [0.15, 0.2) is 180 Å². The van der Waals surface area contributed by atoms with Crippen molar-refractivity contribution in [3.05, 3.63) is 180 Å². The second-order valence-electron chi connectivity index (χ2n) is 12.7. The smallest absolute Gasteiger partial charge is 0.0656 e. The summed E-state index contributed by atoms with van der Waals surface area (Å²) < 4.78 is 3.47. The SMILES string of the molecule is Brc1c(N(c2ccc3ccccc3c2)c2cccc3ccccc23)cccc1-n1c2cc3ccccc3cc2c2cc3ccccc3cc21. The molecule has 230 valence electrons. The van der Waals surface area contributed by atoms with Crippen molar-refractivity contribution in [1.82, 2.24) is 4.57 Å². The average Bonchev–Trinajstić information content (AvgIpc) is 3.45. The molecule has 0 aliphatic carbocycles. The van der Waals surface area contributed by atoms with Crippen molar-refractivity contribution in [2.75, 3.05) is 4.90 Å². The van der Waals surface area contributed by atoms with Gasteiger partial charge in [-0.15, -0.1) is 0 Å². The third kappa shape index (κ3) is 4.47. The first-order valence-corrected chi connectivity index (χ1v) is 17.4. The van der Waals surface area contributed by atoms with E-state index >= 15 is 0 Å². The first-order valence-electron chi connectivity index (χ1n) is 16.6. The summed E-state index contributed by atoms with van der Waals surface area (Å²) in [5.41, 5.74) is 6.76. The van der Waals surface area contributed by atoms with Crippen molar-refractivity contribution in [3.8, 4) is 5.69 Å². The molecular formula is C46H29BrN2. The third-order valence-corrected chi connectivity index (χ3v) is 10.8. The highest BCUT2D eigenvalue weighted by atomic mass is 79.9. The van der Waals surface area contributed by atoms with Crippen LogP contribution in [0, 0.1) is 0 Å². The molecule has 0 aliphatic heterocycles. The van der Waals surface area contributed by atoms with Crippen molar-refractivity contribution in [1.29, 1.82) is 0 Å². The van der Waals surface area contributed by atoms with Crippen molar-refractivity contribution in [3.63, 3.8) is 0 Å². The molecule has 49 heavy (non-hydrogen) atoms. The molecule has 0 fully saturated rings. The van der Waals surface area contributed by atoms with Crippen molar-refractivity contribution >= 4 is 97.9 Å².